The van der Waals surface area contributed by atoms with E-state index >= 15 is 0 Å². The first kappa shape index (κ1) is 11.7. The van der Waals surface area contributed by atoms with E-state index < -0.39 is 0 Å². The van der Waals surface area contributed by atoms with E-state index in [1.165, 1.54) is 13.0 Å². The first-order valence-corrected chi connectivity index (χ1v) is 6.23. The minimum atomic E-state index is 1.06. The predicted octanol–water partition coefficient (Wildman–Crippen LogP) is 1.99. The van der Waals surface area contributed by atoms with Gasteiger partial charge in [-0.25, -0.2) is 4.98 Å². The highest BCUT2D eigenvalue weighted by atomic mass is 79.9. The van der Waals surface area contributed by atoms with Gasteiger partial charge in [0.2, 0.25) is 0 Å². The van der Waals surface area contributed by atoms with E-state index in [-0.39, 0.29) is 0 Å². The Morgan fingerprint density at radius 1 is 1.43 bits per heavy atom. The standard InChI is InChI=1S/C10H18BrN3/c1-2-13(8-4-11)6-3-7-14-9-5-12-10-14/h5,9-10H,2-4,6-8H2,1H3. The molecule has 0 aliphatic rings. The molecule has 1 aromatic heterocycles. The molecule has 0 aliphatic heterocycles. The zero-order valence-electron chi connectivity index (χ0n) is 8.69. The van der Waals surface area contributed by atoms with Crippen LogP contribution in [0.1, 0.15) is 13.3 Å². The van der Waals surface area contributed by atoms with Gasteiger partial charge in [-0.2, -0.15) is 0 Å². The lowest BCUT2D eigenvalue weighted by atomic mass is 10.3. The Bertz CT molecular complexity index is 223. The minimum Gasteiger partial charge on any atom is -0.337 e. The van der Waals surface area contributed by atoms with Gasteiger partial charge in [-0.1, -0.05) is 22.9 Å². The van der Waals surface area contributed by atoms with Crippen LogP contribution in [0.15, 0.2) is 18.7 Å². The molecule has 1 heterocycles. The van der Waals surface area contributed by atoms with Gasteiger partial charge in [-0.3, -0.25) is 0 Å². The van der Waals surface area contributed by atoms with Crippen LogP contribution < -0.4 is 0 Å². The van der Waals surface area contributed by atoms with Gasteiger partial charge in [0.1, 0.15) is 0 Å². The van der Waals surface area contributed by atoms with Gasteiger partial charge in [0.05, 0.1) is 6.33 Å². The SMILES string of the molecule is CCN(CCBr)CCCn1ccnc1. The van der Waals surface area contributed by atoms with Crippen LogP contribution in [0.3, 0.4) is 0 Å². The summed E-state index contributed by atoms with van der Waals surface area (Å²) in [6, 6.07) is 0. The molecule has 0 radical (unpaired) electrons. The Morgan fingerprint density at radius 3 is 2.86 bits per heavy atom. The quantitative estimate of drug-likeness (QED) is 0.699. The van der Waals surface area contributed by atoms with Crippen LogP contribution in [0.5, 0.6) is 0 Å². The van der Waals surface area contributed by atoms with Crippen molar-refractivity contribution in [3.8, 4) is 0 Å². The molecule has 0 fully saturated rings. The van der Waals surface area contributed by atoms with Crippen molar-refractivity contribution in [2.45, 2.75) is 19.9 Å². The second-order valence-corrected chi connectivity index (χ2v) is 4.07. The first-order chi connectivity index (χ1) is 6.86. The monoisotopic (exact) mass is 259 g/mol. The van der Waals surface area contributed by atoms with E-state index in [0.717, 1.165) is 25.0 Å². The molecule has 0 aliphatic carbocycles. The fraction of sp³-hybridized carbons (Fsp3) is 0.700. The van der Waals surface area contributed by atoms with Crippen molar-refractivity contribution in [2.75, 3.05) is 25.0 Å². The summed E-state index contributed by atoms with van der Waals surface area (Å²) in [7, 11) is 0. The maximum Gasteiger partial charge on any atom is 0.0945 e. The van der Waals surface area contributed by atoms with E-state index in [2.05, 4.69) is 37.3 Å². The zero-order chi connectivity index (χ0) is 10.2. The predicted molar refractivity (Wildman–Crippen MR) is 62.8 cm³/mol. The molecule has 0 unspecified atom stereocenters. The number of rotatable bonds is 7. The lowest BCUT2D eigenvalue weighted by Crippen LogP contribution is -2.27. The molecule has 0 N–H and O–H groups in total. The lowest BCUT2D eigenvalue weighted by molar-refractivity contribution is 0.296. The van der Waals surface area contributed by atoms with Crippen LogP contribution in [0.2, 0.25) is 0 Å². The largest absolute Gasteiger partial charge is 0.337 e. The van der Waals surface area contributed by atoms with E-state index in [0.29, 0.717) is 0 Å². The molecular weight excluding hydrogens is 242 g/mol. The topological polar surface area (TPSA) is 21.1 Å². The van der Waals surface area contributed by atoms with Crippen molar-refractivity contribution >= 4 is 15.9 Å². The Balaban J connectivity index is 2.13. The van der Waals surface area contributed by atoms with Gasteiger partial charge < -0.3 is 9.47 Å². The molecule has 80 valence electrons. The van der Waals surface area contributed by atoms with Gasteiger partial charge in [-0.05, 0) is 19.5 Å². The summed E-state index contributed by atoms with van der Waals surface area (Å²) in [4.78, 5) is 6.47. The second-order valence-electron chi connectivity index (χ2n) is 3.28. The van der Waals surface area contributed by atoms with Gasteiger partial charge in [0.15, 0.2) is 0 Å². The highest BCUT2D eigenvalue weighted by molar-refractivity contribution is 9.09. The highest BCUT2D eigenvalue weighted by Gasteiger charge is 2.00. The summed E-state index contributed by atoms with van der Waals surface area (Å²) in [5, 5.41) is 1.06. The van der Waals surface area contributed by atoms with Gasteiger partial charge >= 0.3 is 0 Å². The van der Waals surface area contributed by atoms with Crippen LogP contribution >= 0.6 is 15.9 Å². The van der Waals surface area contributed by atoms with Crippen molar-refractivity contribution in [2.24, 2.45) is 0 Å². The average molecular weight is 260 g/mol. The van der Waals surface area contributed by atoms with Crippen LogP contribution in [-0.4, -0.2) is 39.4 Å². The van der Waals surface area contributed by atoms with Crippen LogP contribution in [0, 0.1) is 0 Å². The normalized spacial score (nSPS) is 11.1. The fourth-order valence-corrected chi connectivity index (χ4v) is 1.94. The van der Waals surface area contributed by atoms with Crippen LogP contribution in [-0.2, 0) is 6.54 Å². The molecule has 0 aromatic carbocycles. The molecular formula is C10H18BrN3. The Labute approximate surface area is 94.3 Å². The molecule has 14 heavy (non-hydrogen) atoms. The lowest BCUT2D eigenvalue weighted by Gasteiger charge is -2.18. The fourth-order valence-electron chi connectivity index (χ4n) is 1.44. The molecule has 1 rings (SSSR count). The number of aryl methyl sites for hydroxylation is 1. The van der Waals surface area contributed by atoms with Crippen molar-refractivity contribution in [1.82, 2.24) is 14.5 Å². The van der Waals surface area contributed by atoms with Gasteiger partial charge in [0.25, 0.3) is 0 Å². The maximum absolute atomic E-state index is 4.02. The Morgan fingerprint density at radius 2 is 2.29 bits per heavy atom. The number of aromatic nitrogens is 2. The molecule has 0 atom stereocenters. The average Bonchev–Trinajstić information content (AvgIpc) is 2.69. The van der Waals surface area contributed by atoms with Crippen molar-refractivity contribution < 1.29 is 0 Å². The molecule has 0 bridgehead atoms. The van der Waals surface area contributed by atoms with E-state index in [1.807, 2.05) is 18.7 Å². The van der Waals surface area contributed by atoms with Crippen molar-refractivity contribution in [1.29, 1.82) is 0 Å². The molecule has 0 saturated carbocycles. The number of hydrogen-bond donors (Lipinski definition) is 0. The summed E-state index contributed by atoms with van der Waals surface area (Å²) in [5.41, 5.74) is 0. The highest BCUT2D eigenvalue weighted by Crippen LogP contribution is 1.96. The van der Waals surface area contributed by atoms with Gasteiger partial charge in [0, 0.05) is 30.8 Å². The molecule has 0 amide bonds. The van der Waals surface area contributed by atoms with Crippen molar-refractivity contribution in [3.05, 3.63) is 18.7 Å². The number of nitrogens with zero attached hydrogens (tertiary/aromatic N) is 3. The second kappa shape index (κ2) is 7.01. The Hall–Kier alpha value is -0.350. The van der Waals surface area contributed by atoms with Crippen LogP contribution in [0.4, 0.5) is 0 Å². The van der Waals surface area contributed by atoms with Crippen molar-refractivity contribution in [3.63, 3.8) is 0 Å². The van der Waals surface area contributed by atoms with E-state index in [1.54, 1.807) is 0 Å². The first-order valence-electron chi connectivity index (χ1n) is 5.11. The Kier molecular flexibility index (Phi) is 5.87. The summed E-state index contributed by atoms with van der Waals surface area (Å²) in [6.45, 7) is 6.72. The zero-order valence-corrected chi connectivity index (χ0v) is 10.3. The van der Waals surface area contributed by atoms with Crippen LogP contribution in [0.25, 0.3) is 0 Å². The number of alkyl halides is 1. The molecule has 4 heteroatoms. The van der Waals surface area contributed by atoms with E-state index in [9.17, 15) is 0 Å². The number of hydrogen-bond acceptors (Lipinski definition) is 2. The summed E-state index contributed by atoms with van der Waals surface area (Å²) in [5.74, 6) is 0. The molecule has 0 spiro atoms. The molecule has 1 aromatic rings. The number of imidazole rings is 1. The maximum atomic E-state index is 4.02. The van der Waals surface area contributed by atoms with E-state index in [4.69, 9.17) is 0 Å². The third-order valence-electron chi connectivity index (χ3n) is 2.30. The smallest absolute Gasteiger partial charge is 0.0945 e. The molecule has 3 nitrogen and oxygen atoms in total. The van der Waals surface area contributed by atoms with Gasteiger partial charge in [-0.15, -0.1) is 0 Å². The summed E-state index contributed by atoms with van der Waals surface area (Å²) >= 11 is 3.46. The molecule has 0 saturated heterocycles. The third kappa shape index (κ3) is 4.24. The third-order valence-corrected chi connectivity index (χ3v) is 2.65. The minimum absolute atomic E-state index is 1.06. The summed E-state index contributed by atoms with van der Waals surface area (Å²) < 4.78 is 2.13. The number of halogens is 1. The summed E-state index contributed by atoms with van der Waals surface area (Å²) in [6.07, 6.45) is 6.91.